The molecule has 3 nitrogen and oxygen atoms in total. The minimum absolute atomic E-state index is 0.346. The van der Waals surface area contributed by atoms with Gasteiger partial charge in [-0.15, -0.1) is 0 Å². The van der Waals surface area contributed by atoms with Crippen LogP contribution in [0.1, 0.15) is 22.8 Å². The van der Waals surface area contributed by atoms with Crippen molar-refractivity contribution in [3.63, 3.8) is 0 Å². The van der Waals surface area contributed by atoms with Crippen LogP contribution in [-0.2, 0) is 6.42 Å². The summed E-state index contributed by atoms with van der Waals surface area (Å²) in [7, 11) is 0. The smallest absolute Gasteiger partial charge is 0.101 e. The second kappa shape index (κ2) is 7.27. The van der Waals surface area contributed by atoms with E-state index in [1.54, 1.807) is 6.20 Å². The van der Waals surface area contributed by atoms with Gasteiger partial charge in [0, 0.05) is 24.4 Å². The van der Waals surface area contributed by atoms with Gasteiger partial charge in [0.1, 0.15) is 6.07 Å². The fraction of sp³-hybridized carbons (Fsp3) is 0.100. The van der Waals surface area contributed by atoms with Gasteiger partial charge in [-0.05, 0) is 16.7 Å². The molecule has 0 aliphatic carbocycles. The van der Waals surface area contributed by atoms with E-state index < -0.39 is 6.10 Å². The Morgan fingerprint density at radius 2 is 1.75 bits per heavy atom. The normalized spacial score (nSPS) is 11.7. The molecule has 3 aromatic rings. The van der Waals surface area contributed by atoms with Gasteiger partial charge in [0.05, 0.1) is 16.7 Å². The molecule has 2 aromatic carbocycles. The molecule has 24 heavy (non-hydrogen) atoms. The maximum Gasteiger partial charge on any atom is 0.101 e. The van der Waals surface area contributed by atoms with Gasteiger partial charge in [-0.25, -0.2) is 0 Å². The SMILES string of the molecule is N#Cc1c(Cl)cncc1-c1ccc(CC(O)c2ccccc2)cc1. The third kappa shape index (κ3) is 3.46. The molecule has 0 aliphatic rings. The standard InChI is InChI=1S/C20H15ClN2O/c21-19-13-23-12-18(17(19)11-22)15-8-6-14(7-9-15)10-20(24)16-4-2-1-3-5-16/h1-9,12-13,20,24H,10H2. The summed E-state index contributed by atoms with van der Waals surface area (Å²) in [5.74, 6) is 0. The van der Waals surface area contributed by atoms with Gasteiger partial charge in [0.15, 0.2) is 0 Å². The third-order valence-electron chi connectivity index (χ3n) is 3.89. The summed E-state index contributed by atoms with van der Waals surface area (Å²) >= 11 is 6.03. The number of hydrogen-bond acceptors (Lipinski definition) is 3. The van der Waals surface area contributed by atoms with Crippen molar-refractivity contribution in [2.24, 2.45) is 0 Å². The predicted molar refractivity (Wildman–Crippen MR) is 94.5 cm³/mol. The lowest BCUT2D eigenvalue weighted by Crippen LogP contribution is -2.01. The van der Waals surface area contributed by atoms with Crippen LogP contribution in [0.4, 0.5) is 0 Å². The maximum atomic E-state index is 10.3. The Labute approximate surface area is 145 Å². The highest BCUT2D eigenvalue weighted by molar-refractivity contribution is 6.32. The molecular formula is C20H15ClN2O. The third-order valence-corrected chi connectivity index (χ3v) is 4.18. The Morgan fingerprint density at radius 3 is 2.42 bits per heavy atom. The van der Waals surface area contributed by atoms with E-state index in [0.29, 0.717) is 22.6 Å². The number of pyridine rings is 1. The van der Waals surface area contributed by atoms with Crippen molar-refractivity contribution >= 4 is 11.6 Å². The zero-order chi connectivity index (χ0) is 16.9. The molecule has 1 aromatic heterocycles. The van der Waals surface area contributed by atoms with E-state index in [1.165, 1.54) is 6.20 Å². The molecule has 4 heteroatoms. The average Bonchev–Trinajstić information content (AvgIpc) is 2.63. The molecule has 0 saturated heterocycles. The highest BCUT2D eigenvalue weighted by atomic mass is 35.5. The van der Waals surface area contributed by atoms with Gasteiger partial charge in [-0.1, -0.05) is 66.2 Å². The molecule has 0 saturated carbocycles. The first-order valence-corrected chi connectivity index (χ1v) is 7.93. The second-order valence-electron chi connectivity index (χ2n) is 5.48. The van der Waals surface area contributed by atoms with Crippen LogP contribution in [0.25, 0.3) is 11.1 Å². The van der Waals surface area contributed by atoms with Crippen LogP contribution in [-0.4, -0.2) is 10.1 Å². The number of halogens is 1. The molecule has 0 radical (unpaired) electrons. The lowest BCUT2D eigenvalue weighted by atomic mass is 9.98. The van der Waals surface area contributed by atoms with Crippen LogP contribution in [0, 0.1) is 11.3 Å². The molecule has 1 unspecified atom stereocenters. The number of aromatic nitrogens is 1. The first kappa shape index (κ1) is 16.2. The fourth-order valence-corrected chi connectivity index (χ4v) is 2.80. The second-order valence-corrected chi connectivity index (χ2v) is 5.89. The molecule has 0 amide bonds. The first-order chi connectivity index (χ1) is 11.7. The zero-order valence-corrected chi connectivity index (χ0v) is 13.6. The van der Waals surface area contributed by atoms with Crippen LogP contribution in [0.15, 0.2) is 67.0 Å². The molecule has 118 valence electrons. The zero-order valence-electron chi connectivity index (χ0n) is 12.9. The molecule has 0 fully saturated rings. The summed E-state index contributed by atoms with van der Waals surface area (Å²) in [5, 5.41) is 19.9. The number of aliphatic hydroxyl groups is 1. The van der Waals surface area contributed by atoms with E-state index in [4.69, 9.17) is 11.6 Å². The summed E-state index contributed by atoms with van der Waals surface area (Å²) in [6, 6.07) is 19.4. The summed E-state index contributed by atoms with van der Waals surface area (Å²) in [4.78, 5) is 4.06. The van der Waals surface area contributed by atoms with Gasteiger partial charge in [0.2, 0.25) is 0 Å². The van der Waals surface area contributed by atoms with Crippen LogP contribution < -0.4 is 0 Å². The van der Waals surface area contributed by atoms with E-state index >= 15 is 0 Å². The fourth-order valence-electron chi connectivity index (χ4n) is 2.60. The Bertz CT molecular complexity index is 870. The quantitative estimate of drug-likeness (QED) is 0.761. The predicted octanol–water partition coefficient (Wildman–Crippen LogP) is 4.55. The number of benzene rings is 2. The highest BCUT2D eigenvalue weighted by Crippen LogP contribution is 2.28. The van der Waals surface area contributed by atoms with Crippen LogP contribution >= 0.6 is 11.6 Å². The molecule has 0 bridgehead atoms. The van der Waals surface area contributed by atoms with Crippen molar-refractivity contribution in [1.82, 2.24) is 4.98 Å². The topological polar surface area (TPSA) is 56.9 Å². The largest absolute Gasteiger partial charge is 0.388 e. The first-order valence-electron chi connectivity index (χ1n) is 7.55. The molecule has 0 aliphatic heterocycles. The Balaban J connectivity index is 1.82. The van der Waals surface area contributed by atoms with Gasteiger partial charge in [-0.2, -0.15) is 5.26 Å². The van der Waals surface area contributed by atoms with Crippen molar-refractivity contribution < 1.29 is 5.11 Å². The number of hydrogen-bond donors (Lipinski definition) is 1. The monoisotopic (exact) mass is 334 g/mol. The van der Waals surface area contributed by atoms with Crippen LogP contribution in [0.5, 0.6) is 0 Å². The summed E-state index contributed by atoms with van der Waals surface area (Å²) in [5.41, 5.74) is 3.92. The number of rotatable bonds is 4. The minimum atomic E-state index is -0.542. The van der Waals surface area contributed by atoms with Crippen molar-refractivity contribution in [3.8, 4) is 17.2 Å². The van der Waals surface area contributed by atoms with Crippen molar-refractivity contribution in [1.29, 1.82) is 5.26 Å². The van der Waals surface area contributed by atoms with E-state index in [1.807, 2.05) is 54.6 Å². The molecule has 1 heterocycles. The van der Waals surface area contributed by atoms with E-state index in [-0.39, 0.29) is 0 Å². The average molecular weight is 335 g/mol. The summed E-state index contributed by atoms with van der Waals surface area (Å²) in [6.07, 6.45) is 3.09. The molecule has 0 spiro atoms. The lowest BCUT2D eigenvalue weighted by Gasteiger charge is -2.12. The highest BCUT2D eigenvalue weighted by Gasteiger charge is 2.11. The van der Waals surface area contributed by atoms with Gasteiger partial charge >= 0.3 is 0 Å². The summed E-state index contributed by atoms with van der Waals surface area (Å²) in [6.45, 7) is 0. The molecule has 1 atom stereocenters. The van der Waals surface area contributed by atoms with E-state index in [2.05, 4.69) is 11.1 Å². The van der Waals surface area contributed by atoms with Crippen molar-refractivity contribution in [3.05, 3.63) is 88.7 Å². The Morgan fingerprint density at radius 1 is 1.04 bits per heavy atom. The maximum absolute atomic E-state index is 10.3. The van der Waals surface area contributed by atoms with Crippen molar-refractivity contribution in [2.45, 2.75) is 12.5 Å². The number of nitrogens with zero attached hydrogens (tertiary/aromatic N) is 2. The van der Waals surface area contributed by atoms with Crippen molar-refractivity contribution in [2.75, 3.05) is 0 Å². The Hall–Kier alpha value is -2.67. The van der Waals surface area contributed by atoms with E-state index in [0.717, 1.165) is 16.7 Å². The number of aliphatic hydroxyl groups excluding tert-OH is 1. The van der Waals surface area contributed by atoms with E-state index in [9.17, 15) is 10.4 Å². The number of nitriles is 1. The minimum Gasteiger partial charge on any atom is -0.388 e. The molecule has 1 N–H and O–H groups in total. The summed E-state index contributed by atoms with van der Waals surface area (Å²) < 4.78 is 0. The Kier molecular flexibility index (Phi) is 4.90. The van der Waals surface area contributed by atoms with Crippen LogP contribution in [0.2, 0.25) is 5.02 Å². The lowest BCUT2D eigenvalue weighted by molar-refractivity contribution is 0.178. The van der Waals surface area contributed by atoms with Crippen LogP contribution in [0.3, 0.4) is 0 Å². The van der Waals surface area contributed by atoms with Gasteiger partial charge in [-0.3, -0.25) is 4.98 Å². The van der Waals surface area contributed by atoms with Gasteiger partial charge < -0.3 is 5.11 Å². The molecular weight excluding hydrogens is 320 g/mol. The molecule has 3 rings (SSSR count). The van der Waals surface area contributed by atoms with Gasteiger partial charge in [0.25, 0.3) is 0 Å².